The standard InChI is InChI=1S/C17H13N3O2S2/c1-24(21,22)14-9-7-12(8-10-14)15-16(13-5-3-2-4-6-13)20-17(19-15)23-11-18-20/h2-11H,1H3. The summed E-state index contributed by atoms with van der Waals surface area (Å²) in [6.07, 6.45) is 1.20. The van der Waals surface area contributed by atoms with Gasteiger partial charge in [-0.05, 0) is 12.1 Å². The summed E-state index contributed by atoms with van der Waals surface area (Å²) < 4.78 is 25.1. The van der Waals surface area contributed by atoms with Gasteiger partial charge in [0, 0.05) is 17.4 Å². The molecule has 0 aliphatic carbocycles. The number of fused-ring (bicyclic) bond motifs is 1. The molecule has 0 fully saturated rings. The summed E-state index contributed by atoms with van der Waals surface area (Å²) >= 11 is 1.46. The highest BCUT2D eigenvalue weighted by Gasteiger charge is 2.18. The molecule has 0 aliphatic rings. The quantitative estimate of drug-likeness (QED) is 0.564. The van der Waals surface area contributed by atoms with Gasteiger partial charge in [-0.1, -0.05) is 53.8 Å². The number of aromatic nitrogens is 3. The minimum atomic E-state index is -3.21. The Morgan fingerprint density at radius 1 is 0.958 bits per heavy atom. The van der Waals surface area contributed by atoms with Gasteiger partial charge in [-0.3, -0.25) is 0 Å². The maximum Gasteiger partial charge on any atom is 0.213 e. The van der Waals surface area contributed by atoms with E-state index in [1.807, 2.05) is 34.8 Å². The molecule has 0 saturated carbocycles. The largest absolute Gasteiger partial charge is 0.224 e. The van der Waals surface area contributed by atoms with Gasteiger partial charge in [-0.25, -0.2) is 17.9 Å². The molecule has 120 valence electrons. The molecule has 2 aromatic carbocycles. The maximum absolute atomic E-state index is 11.6. The van der Waals surface area contributed by atoms with Crippen LogP contribution in [0.1, 0.15) is 0 Å². The molecule has 0 aliphatic heterocycles. The Morgan fingerprint density at radius 2 is 1.67 bits per heavy atom. The average Bonchev–Trinajstić information content (AvgIpc) is 3.15. The molecule has 4 rings (SSSR count). The summed E-state index contributed by atoms with van der Waals surface area (Å²) in [7, 11) is -3.21. The second kappa shape index (κ2) is 5.54. The van der Waals surface area contributed by atoms with E-state index in [-0.39, 0.29) is 0 Å². The van der Waals surface area contributed by atoms with Crippen LogP contribution in [0.4, 0.5) is 0 Å². The second-order valence-corrected chi connectivity index (χ2v) is 8.23. The fourth-order valence-electron chi connectivity index (χ4n) is 2.61. The second-order valence-electron chi connectivity index (χ2n) is 5.40. The average molecular weight is 355 g/mol. The van der Waals surface area contributed by atoms with Crippen LogP contribution in [0.25, 0.3) is 27.5 Å². The van der Waals surface area contributed by atoms with Gasteiger partial charge >= 0.3 is 0 Å². The van der Waals surface area contributed by atoms with E-state index >= 15 is 0 Å². The lowest BCUT2D eigenvalue weighted by molar-refractivity contribution is 0.602. The van der Waals surface area contributed by atoms with Crippen molar-refractivity contribution in [2.24, 2.45) is 0 Å². The minimum absolute atomic E-state index is 0.298. The number of hydrogen-bond donors (Lipinski definition) is 0. The van der Waals surface area contributed by atoms with Crippen LogP contribution in [-0.2, 0) is 9.84 Å². The lowest BCUT2D eigenvalue weighted by atomic mass is 10.1. The molecule has 0 radical (unpaired) electrons. The fourth-order valence-corrected chi connectivity index (χ4v) is 3.86. The first-order valence-electron chi connectivity index (χ1n) is 7.22. The number of sulfone groups is 1. The fraction of sp³-hybridized carbons (Fsp3) is 0.0588. The van der Waals surface area contributed by atoms with Crippen molar-refractivity contribution in [2.75, 3.05) is 6.26 Å². The molecule has 0 N–H and O–H groups in total. The monoisotopic (exact) mass is 355 g/mol. The normalized spacial score (nSPS) is 11.9. The molecule has 4 aromatic rings. The minimum Gasteiger partial charge on any atom is -0.224 e. The molecular weight excluding hydrogens is 342 g/mol. The van der Waals surface area contributed by atoms with Crippen molar-refractivity contribution in [3.05, 3.63) is 60.1 Å². The zero-order chi connectivity index (χ0) is 16.7. The van der Waals surface area contributed by atoms with Gasteiger partial charge in [0.15, 0.2) is 9.84 Å². The molecule has 0 atom stereocenters. The highest BCUT2D eigenvalue weighted by molar-refractivity contribution is 7.90. The molecule has 24 heavy (non-hydrogen) atoms. The molecule has 5 nitrogen and oxygen atoms in total. The van der Waals surface area contributed by atoms with Crippen LogP contribution >= 0.6 is 11.3 Å². The number of benzene rings is 2. The Labute approximate surface area is 143 Å². The molecular formula is C17H13N3O2S2. The van der Waals surface area contributed by atoms with Crippen LogP contribution in [0.15, 0.2) is 65.0 Å². The lowest BCUT2D eigenvalue weighted by Crippen LogP contribution is -1.96. The van der Waals surface area contributed by atoms with Gasteiger partial charge in [0.2, 0.25) is 4.96 Å². The Kier molecular flexibility index (Phi) is 3.47. The van der Waals surface area contributed by atoms with Crippen LogP contribution < -0.4 is 0 Å². The van der Waals surface area contributed by atoms with Gasteiger partial charge in [0.05, 0.1) is 4.90 Å². The van der Waals surface area contributed by atoms with Crippen molar-refractivity contribution in [2.45, 2.75) is 4.90 Å². The van der Waals surface area contributed by atoms with Crippen LogP contribution in [0.2, 0.25) is 0 Å². The van der Waals surface area contributed by atoms with Crippen molar-refractivity contribution < 1.29 is 8.42 Å². The van der Waals surface area contributed by atoms with E-state index in [4.69, 9.17) is 0 Å². The third-order valence-corrected chi connectivity index (χ3v) is 5.55. The van der Waals surface area contributed by atoms with Gasteiger partial charge in [0.25, 0.3) is 0 Å². The summed E-state index contributed by atoms with van der Waals surface area (Å²) in [5.74, 6) is 0. The Balaban J connectivity index is 1.93. The Morgan fingerprint density at radius 3 is 2.33 bits per heavy atom. The summed E-state index contributed by atoms with van der Waals surface area (Å²) in [6.45, 7) is 0. The summed E-state index contributed by atoms with van der Waals surface area (Å²) in [5, 5.41) is 4.37. The third kappa shape index (κ3) is 2.51. The third-order valence-electron chi connectivity index (χ3n) is 3.75. The predicted octanol–water partition coefficient (Wildman–Crippen LogP) is 3.53. The van der Waals surface area contributed by atoms with E-state index in [0.29, 0.717) is 4.90 Å². The molecule has 0 saturated heterocycles. The van der Waals surface area contributed by atoms with Crippen molar-refractivity contribution in [3.63, 3.8) is 0 Å². The zero-order valence-corrected chi connectivity index (χ0v) is 14.4. The van der Waals surface area contributed by atoms with E-state index < -0.39 is 9.84 Å². The van der Waals surface area contributed by atoms with Crippen LogP contribution in [0.5, 0.6) is 0 Å². The Hall–Kier alpha value is -2.51. The first-order chi connectivity index (χ1) is 11.5. The van der Waals surface area contributed by atoms with Crippen LogP contribution in [0, 0.1) is 0 Å². The highest BCUT2D eigenvalue weighted by atomic mass is 32.2. The SMILES string of the molecule is CS(=O)(=O)c1ccc(-c2nc3scnn3c2-c2ccccc2)cc1. The molecule has 0 spiro atoms. The van der Waals surface area contributed by atoms with Crippen molar-refractivity contribution in [3.8, 4) is 22.5 Å². The smallest absolute Gasteiger partial charge is 0.213 e. The zero-order valence-electron chi connectivity index (χ0n) is 12.7. The van der Waals surface area contributed by atoms with E-state index in [1.54, 1.807) is 29.8 Å². The highest BCUT2D eigenvalue weighted by Crippen LogP contribution is 2.33. The molecule has 7 heteroatoms. The van der Waals surface area contributed by atoms with E-state index in [0.717, 1.165) is 27.5 Å². The lowest BCUT2D eigenvalue weighted by Gasteiger charge is -2.05. The summed E-state index contributed by atoms with van der Waals surface area (Å²) in [6, 6.07) is 16.7. The number of imidazole rings is 1. The molecule has 0 amide bonds. The molecule has 0 unspecified atom stereocenters. The topological polar surface area (TPSA) is 64.3 Å². The molecule has 2 heterocycles. The number of rotatable bonds is 3. The number of nitrogens with zero attached hydrogens (tertiary/aromatic N) is 3. The Bertz CT molecular complexity index is 1110. The molecule has 0 bridgehead atoms. The predicted molar refractivity (Wildman–Crippen MR) is 94.8 cm³/mol. The van der Waals surface area contributed by atoms with Gasteiger partial charge in [-0.15, -0.1) is 0 Å². The molecule has 2 aromatic heterocycles. The maximum atomic E-state index is 11.6. The first kappa shape index (κ1) is 15.0. The van der Waals surface area contributed by atoms with Crippen LogP contribution in [0.3, 0.4) is 0 Å². The van der Waals surface area contributed by atoms with Crippen LogP contribution in [-0.4, -0.2) is 29.3 Å². The van der Waals surface area contributed by atoms with Gasteiger partial charge in [0.1, 0.15) is 16.9 Å². The number of hydrogen-bond acceptors (Lipinski definition) is 5. The van der Waals surface area contributed by atoms with E-state index in [1.165, 1.54) is 17.6 Å². The van der Waals surface area contributed by atoms with Crippen molar-refractivity contribution in [1.82, 2.24) is 14.6 Å². The van der Waals surface area contributed by atoms with E-state index in [9.17, 15) is 8.42 Å². The van der Waals surface area contributed by atoms with Crippen molar-refractivity contribution >= 4 is 26.1 Å². The summed E-state index contributed by atoms with van der Waals surface area (Å²) in [4.78, 5) is 5.78. The van der Waals surface area contributed by atoms with E-state index in [2.05, 4.69) is 10.1 Å². The first-order valence-corrected chi connectivity index (χ1v) is 9.99. The van der Waals surface area contributed by atoms with Gasteiger partial charge < -0.3 is 0 Å². The van der Waals surface area contributed by atoms with Crippen molar-refractivity contribution in [1.29, 1.82) is 0 Å². The summed E-state index contributed by atoms with van der Waals surface area (Å²) in [5.41, 5.74) is 5.32. The van der Waals surface area contributed by atoms with Gasteiger partial charge in [-0.2, -0.15) is 5.10 Å².